The molecular weight excluding hydrogens is 262 g/mol. The van der Waals surface area contributed by atoms with Gasteiger partial charge in [-0.05, 0) is 24.5 Å². The van der Waals surface area contributed by atoms with Gasteiger partial charge in [-0.15, -0.1) is 0 Å². The molecule has 0 heterocycles. The Labute approximate surface area is 127 Å². The molecule has 0 spiro atoms. The van der Waals surface area contributed by atoms with Gasteiger partial charge in [0.25, 0.3) is 0 Å². The zero-order valence-corrected chi connectivity index (χ0v) is 12.9. The van der Waals surface area contributed by atoms with E-state index < -0.39 is 0 Å². The predicted octanol–water partition coefficient (Wildman–Crippen LogP) is 3.20. The van der Waals surface area contributed by atoms with E-state index in [0.717, 1.165) is 26.1 Å². The summed E-state index contributed by atoms with van der Waals surface area (Å²) in [6.07, 6.45) is 1.45. The lowest BCUT2D eigenvalue weighted by Crippen LogP contribution is -2.30. The van der Waals surface area contributed by atoms with Crippen molar-refractivity contribution in [2.45, 2.75) is 26.7 Å². The van der Waals surface area contributed by atoms with Crippen LogP contribution in [0, 0.1) is 28.6 Å². The number of ether oxygens (including phenoxy) is 1. The Kier molecular flexibility index (Phi) is 7.94. The van der Waals surface area contributed by atoms with E-state index in [1.807, 2.05) is 18.2 Å². The molecule has 1 rings (SSSR count). The fraction of sp³-hybridized carbons (Fsp3) is 0.529. The Bertz CT molecular complexity index is 499. The second-order valence-electron chi connectivity index (χ2n) is 5.41. The van der Waals surface area contributed by atoms with E-state index in [1.54, 1.807) is 6.07 Å². The van der Waals surface area contributed by atoms with Crippen molar-refractivity contribution in [3.8, 4) is 17.9 Å². The molecular formula is C17H23N3O. The summed E-state index contributed by atoms with van der Waals surface area (Å²) in [6, 6.07) is 11.6. The molecule has 0 amide bonds. The third-order valence-electron chi connectivity index (χ3n) is 3.05. The van der Waals surface area contributed by atoms with E-state index in [0.29, 0.717) is 30.3 Å². The summed E-state index contributed by atoms with van der Waals surface area (Å²) in [5.41, 5.74) is 0.570. The van der Waals surface area contributed by atoms with E-state index in [9.17, 15) is 0 Å². The number of nitriles is 2. The second kappa shape index (κ2) is 9.80. The Balaban J connectivity index is 2.37. The quantitative estimate of drug-likeness (QED) is 0.654. The Morgan fingerprint density at radius 2 is 1.95 bits per heavy atom. The lowest BCUT2D eigenvalue weighted by Gasteiger charge is -2.23. The Morgan fingerprint density at radius 1 is 1.19 bits per heavy atom. The number of para-hydroxylation sites is 1. The zero-order chi connectivity index (χ0) is 15.5. The van der Waals surface area contributed by atoms with Gasteiger partial charge >= 0.3 is 0 Å². The zero-order valence-electron chi connectivity index (χ0n) is 12.9. The van der Waals surface area contributed by atoms with Crippen molar-refractivity contribution in [1.29, 1.82) is 10.5 Å². The first-order valence-electron chi connectivity index (χ1n) is 7.38. The van der Waals surface area contributed by atoms with Crippen LogP contribution in [-0.2, 0) is 0 Å². The largest absolute Gasteiger partial charge is 0.492 e. The normalized spacial score (nSPS) is 10.4. The van der Waals surface area contributed by atoms with Crippen molar-refractivity contribution in [3.63, 3.8) is 0 Å². The summed E-state index contributed by atoms with van der Waals surface area (Å²) >= 11 is 0. The molecule has 0 saturated carbocycles. The van der Waals surface area contributed by atoms with Gasteiger partial charge in [0.15, 0.2) is 0 Å². The van der Waals surface area contributed by atoms with E-state index in [1.165, 1.54) is 0 Å². The van der Waals surface area contributed by atoms with E-state index in [-0.39, 0.29) is 0 Å². The van der Waals surface area contributed by atoms with Gasteiger partial charge in [-0.3, -0.25) is 0 Å². The maximum atomic E-state index is 8.99. The van der Waals surface area contributed by atoms with E-state index >= 15 is 0 Å². The Hall–Kier alpha value is -2.04. The molecule has 21 heavy (non-hydrogen) atoms. The number of hydrogen-bond acceptors (Lipinski definition) is 4. The molecule has 112 valence electrons. The lowest BCUT2D eigenvalue weighted by molar-refractivity contribution is 0.219. The summed E-state index contributed by atoms with van der Waals surface area (Å²) in [6.45, 7) is 7.66. The maximum absolute atomic E-state index is 8.99. The fourth-order valence-corrected chi connectivity index (χ4v) is 2.17. The van der Waals surface area contributed by atoms with Gasteiger partial charge in [0.2, 0.25) is 0 Å². The van der Waals surface area contributed by atoms with E-state index in [4.69, 9.17) is 15.3 Å². The first-order chi connectivity index (χ1) is 10.2. The Morgan fingerprint density at radius 3 is 2.62 bits per heavy atom. The minimum atomic E-state index is 0.560. The summed E-state index contributed by atoms with van der Waals surface area (Å²) in [5, 5.41) is 17.7. The smallest absolute Gasteiger partial charge is 0.137 e. The molecule has 0 bridgehead atoms. The lowest BCUT2D eigenvalue weighted by atomic mass is 10.2. The van der Waals surface area contributed by atoms with Crippen LogP contribution in [0.5, 0.6) is 5.75 Å². The summed E-state index contributed by atoms with van der Waals surface area (Å²) < 4.78 is 5.67. The number of hydrogen-bond donors (Lipinski definition) is 0. The first kappa shape index (κ1) is 17.0. The highest BCUT2D eigenvalue weighted by atomic mass is 16.5. The van der Waals surface area contributed by atoms with Crippen molar-refractivity contribution >= 4 is 0 Å². The van der Waals surface area contributed by atoms with Crippen LogP contribution in [0.2, 0.25) is 0 Å². The maximum Gasteiger partial charge on any atom is 0.137 e. The monoisotopic (exact) mass is 285 g/mol. The van der Waals surface area contributed by atoms with Gasteiger partial charge in [0, 0.05) is 26.1 Å². The van der Waals surface area contributed by atoms with Crippen molar-refractivity contribution in [2.75, 3.05) is 26.2 Å². The minimum absolute atomic E-state index is 0.560. The van der Waals surface area contributed by atoms with Crippen molar-refractivity contribution in [1.82, 2.24) is 4.90 Å². The summed E-state index contributed by atoms with van der Waals surface area (Å²) in [4.78, 5) is 2.30. The molecule has 0 atom stereocenters. The van der Waals surface area contributed by atoms with Crippen molar-refractivity contribution < 1.29 is 4.74 Å². The molecule has 0 radical (unpaired) electrons. The molecule has 1 aromatic rings. The molecule has 4 heteroatoms. The van der Waals surface area contributed by atoms with E-state index in [2.05, 4.69) is 30.9 Å². The van der Waals surface area contributed by atoms with Crippen LogP contribution in [0.3, 0.4) is 0 Å². The molecule has 0 aliphatic carbocycles. The number of rotatable bonds is 9. The van der Waals surface area contributed by atoms with Crippen LogP contribution >= 0.6 is 0 Å². The molecule has 0 N–H and O–H groups in total. The fourth-order valence-electron chi connectivity index (χ4n) is 2.17. The molecule has 0 aliphatic heterocycles. The van der Waals surface area contributed by atoms with Crippen LogP contribution in [-0.4, -0.2) is 31.1 Å². The summed E-state index contributed by atoms with van der Waals surface area (Å²) in [7, 11) is 0. The third kappa shape index (κ3) is 6.79. The highest BCUT2D eigenvalue weighted by Gasteiger charge is 2.07. The number of benzene rings is 1. The van der Waals surface area contributed by atoms with Gasteiger partial charge in [-0.1, -0.05) is 26.0 Å². The van der Waals surface area contributed by atoms with Crippen LogP contribution in [0.4, 0.5) is 0 Å². The van der Waals surface area contributed by atoms with Gasteiger partial charge in [0.1, 0.15) is 11.8 Å². The van der Waals surface area contributed by atoms with Crippen LogP contribution < -0.4 is 4.74 Å². The highest BCUT2D eigenvalue weighted by molar-refractivity contribution is 5.42. The minimum Gasteiger partial charge on any atom is -0.492 e. The second-order valence-corrected chi connectivity index (χ2v) is 5.41. The standard InChI is InChI=1S/C17H23N3O/c1-15(2)14-20(10-5-9-18)11-6-12-21-17-8-4-3-7-16(17)13-19/h3-4,7-8,15H,5-6,10-12,14H2,1-2H3. The van der Waals surface area contributed by atoms with Gasteiger partial charge in [-0.2, -0.15) is 10.5 Å². The molecule has 4 nitrogen and oxygen atoms in total. The first-order valence-corrected chi connectivity index (χ1v) is 7.38. The van der Waals surface area contributed by atoms with Crippen LogP contribution in [0.15, 0.2) is 24.3 Å². The van der Waals surface area contributed by atoms with Gasteiger partial charge in [-0.25, -0.2) is 0 Å². The highest BCUT2D eigenvalue weighted by Crippen LogP contribution is 2.16. The SMILES string of the molecule is CC(C)CN(CCC#N)CCCOc1ccccc1C#N. The topological polar surface area (TPSA) is 60.1 Å². The molecule has 0 saturated heterocycles. The molecule has 0 aromatic heterocycles. The van der Waals surface area contributed by atoms with Gasteiger partial charge in [0.05, 0.1) is 18.2 Å². The van der Waals surface area contributed by atoms with Crippen LogP contribution in [0.25, 0.3) is 0 Å². The number of nitrogens with zero attached hydrogens (tertiary/aromatic N) is 3. The van der Waals surface area contributed by atoms with Crippen molar-refractivity contribution in [3.05, 3.63) is 29.8 Å². The summed E-state index contributed by atoms with van der Waals surface area (Å²) in [5.74, 6) is 1.23. The van der Waals surface area contributed by atoms with Gasteiger partial charge < -0.3 is 9.64 Å². The average molecular weight is 285 g/mol. The molecule has 0 fully saturated rings. The van der Waals surface area contributed by atoms with Crippen LogP contribution in [0.1, 0.15) is 32.3 Å². The molecule has 0 unspecified atom stereocenters. The average Bonchev–Trinajstić information content (AvgIpc) is 2.48. The van der Waals surface area contributed by atoms with Crippen molar-refractivity contribution in [2.24, 2.45) is 5.92 Å². The molecule has 0 aliphatic rings. The molecule has 1 aromatic carbocycles. The predicted molar refractivity (Wildman–Crippen MR) is 82.8 cm³/mol. The third-order valence-corrected chi connectivity index (χ3v) is 3.05.